The minimum Gasteiger partial charge on any atom is -0.497 e. The molecular formula is C22H28N2O6S. The Balaban J connectivity index is 1.78. The normalized spacial score (nSPS) is 14.9. The van der Waals surface area contributed by atoms with E-state index in [0.29, 0.717) is 22.8 Å². The maximum atomic E-state index is 13.3. The largest absolute Gasteiger partial charge is 0.497 e. The van der Waals surface area contributed by atoms with Gasteiger partial charge in [-0.15, -0.1) is 0 Å². The van der Waals surface area contributed by atoms with Gasteiger partial charge in [0.1, 0.15) is 22.1 Å². The number of methoxy groups -OCH3 is 3. The van der Waals surface area contributed by atoms with Crippen molar-refractivity contribution in [3.8, 4) is 17.2 Å². The maximum Gasteiger partial charge on any atom is 0.254 e. The summed E-state index contributed by atoms with van der Waals surface area (Å²) in [5, 5.41) is 0. The fourth-order valence-corrected chi connectivity index (χ4v) is 5.15. The van der Waals surface area contributed by atoms with Gasteiger partial charge < -0.3 is 19.1 Å². The first-order valence-corrected chi connectivity index (χ1v) is 11.3. The van der Waals surface area contributed by atoms with Gasteiger partial charge >= 0.3 is 0 Å². The number of aryl methyl sites for hydroxylation is 2. The third-order valence-electron chi connectivity index (χ3n) is 5.52. The Kier molecular flexibility index (Phi) is 6.76. The number of carbonyl (C=O) groups excluding carboxylic acids is 1. The zero-order valence-corrected chi connectivity index (χ0v) is 19.3. The first kappa shape index (κ1) is 22.9. The van der Waals surface area contributed by atoms with Gasteiger partial charge in [-0.25, -0.2) is 8.42 Å². The Labute approximate surface area is 183 Å². The highest BCUT2D eigenvalue weighted by molar-refractivity contribution is 7.89. The molecule has 1 fully saturated rings. The van der Waals surface area contributed by atoms with Crippen LogP contribution in [-0.4, -0.2) is 71.0 Å². The predicted octanol–water partition coefficient (Wildman–Crippen LogP) is 2.48. The molecular weight excluding hydrogens is 420 g/mol. The Bertz CT molecular complexity index is 1050. The van der Waals surface area contributed by atoms with Crippen molar-refractivity contribution in [2.24, 2.45) is 0 Å². The molecule has 0 atom stereocenters. The summed E-state index contributed by atoms with van der Waals surface area (Å²) < 4.78 is 43.7. The molecule has 1 amide bonds. The lowest BCUT2D eigenvalue weighted by molar-refractivity contribution is 0.0697. The van der Waals surface area contributed by atoms with Gasteiger partial charge in [-0.2, -0.15) is 4.31 Å². The van der Waals surface area contributed by atoms with E-state index in [4.69, 9.17) is 14.2 Å². The molecule has 0 aliphatic carbocycles. The van der Waals surface area contributed by atoms with Crippen LogP contribution in [0.1, 0.15) is 21.5 Å². The first-order chi connectivity index (χ1) is 14.7. The van der Waals surface area contributed by atoms with E-state index in [1.54, 1.807) is 35.2 Å². The Hall–Kier alpha value is -2.78. The van der Waals surface area contributed by atoms with Crippen molar-refractivity contribution in [2.45, 2.75) is 18.7 Å². The standard InChI is InChI=1S/C22H28N2O6S/c1-15-10-20(30-5)21(11-16(15)2)31(26,27)24-8-6-23(7-9-24)22(25)17-12-18(28-3)14-19(13-17)29-4/h10-14H,6-9H2,1-5H3. The lowest BCUT2D eigenvalue weighted by atomic mass is 10.1. The average Bonchev–Trinajstić information content (AvgIpc) is 2.79. The summed E-state index contributed by atoms with van der Waals surface area (Å²) in [7, 11) is 0.755. The summed E-state index contributed by atoms with van der Waals surface area (Å²) in [6, 6.07) is 8.36. The second-order valence-corrected chi connectivity index (χ2v) is 9.29. The number of carbonyl (C=O) groups is 1. The first-order valence-electron chi connectivity index (χ1n) is 9.89. The number of hydrogen-bond donors (Lipinski definition) is 0. The minimum atomic E-state index is -3.75. The van der Waals surface area contributed by atoms with Crippen molar-refractivity contribution in [1.82, 2.24) is 9.21 Å². The molecule has 0 radical (unpaired) electrons. The van der Waals surface area contributed by atoms with E-state index in [1.165, 1.54) is 25.6 Å². The lowest BCUT2D eigenvalue weighted by Gasteiger charge is -2.34. The zero-order valence-electron chi connectivity index (χ0n) is 18.5. The smallest absolute Gasteiger partial charge is 0.254 e. The number of hydrogen-bond acceptors (Lipinski definition) is 6. The van der Waals surface area contributed by atoms with Crippen LogP contribution in [0.15, 0.2) is 35.2 Å². The summed E-state index contributed by atoms with van der Waals surface area (Å²) in [5.41, 5.74) is 2.27. The van der Waals surface area contributed by atoms with Crippen molar-refractivity contribution in [3.63, 3.8) is 0 Å². The Morgan fingerprint density at radius 3 is 1.87 bits per heavy atom. The molecule has 0 unspecified atom stereocenters. The van der Waals surface area contributed by atoms with Gasteiger partial charge in [0, 0.05) is 37.8 Å². The van der Waals surface area contributed by atoms with E-state index in [0.717, 1.165) is 11.1 Å². The van der Waals surface area contributed by atoms with Crippen LogP contribution in [0.2, 0.25) is 0 Å². The molecule has 2 aromatic rings. The number of rotatable bonds is 6. The van der Waals surface area contributed by atoms with Crippen LogP contribution in [0.5, 0.6) is 17.2 Å². The van der Waals surface area contributed by atoms with Gasteiger partial charge in [0.25, 0.3) is 5.91 Å². The van der Waals surface area contributed by atoms with E-state index in [2.05, 4.69) is 0 Å². The van der Waals surface area contributed by atoms with Gasteiger partial charge in [0.15, 0.2) is 0 Å². The van der Waals surface area contributed by atoms with Crippen molar-refractivity contribution in [1.29, 1.82) is 0 Å². The van der Waals surface area contributed by atoms with Crippen molar-refractivity contribution < 1.29 is 27.4 Å². The molecule has 8 nitrogen and oxygen atoms in total. The molecule has 31 heavy (non-hydrogen) atoms. The predicted molar refractivity (Wildman–Crippen MR) is 117 cm³/mol. The molecule has 1 aliphatic heterocycles. The quantitative estimate of drug-likeness (QED) is 0.675. The third kappa shape index (κ3) is 4.62. The molecule has 0 spiro atoms. The third-order valence-corrected chi connectivity index (χ3v) is 7.44. The molecule has 1 heterocycles. The van der Waals surface area contributed by atoms with Crippen molar-refractivity contribution in [3.05, 3.63) is 47.0 Å². The Morgan fingerprint density at radius 1 is 0.806 bits per heavy atom. The van der Waals surface area contributed by atoms with Crippen molar-refractivity contribution >= 4 is 15.9 Å². The molecule has 0 saturated carbocycles. The second-order valence-electron chi connectivity index (χ2n) is 7.38. The Morgan fingerprint density at radius 2 is 1.35 bits per heavy atom. The van der Waals surface area contributed by atoms with Crippen LogP contribution in [0, 0.1) is 13.8 Å². The van der Waals surface area contributed by atoms with Gasteiger partial charge in [0.2, 0.25) is 10.0 Å². The zero-order chi connectivity index (χ0) is 22.8. The van der Waals surface area contributed by atoms with Crippen LogP contribution in [0.25, 0.3) is 0 Å². The summed E-state index contributed by atoms with van der Waals surface area (Å²) in [4.78, 5) is 14.8. The second kappa shape index (κ2) is 9.15. The van der Waals surface area contributed by atoms with Crippen LogP contribution in [0.3, 0.4) is 0 Å². The maximum absolute atomic E-state index is 13.3. The van der Waals surface area contributed by atoms with E-state index >= 15 is 0 Å². The molecule has 0 N–H and O–H groups in total. The summed E-state index contributed by atoms with van der Waals surface area (Å²) in [6.45, 7) is 4.74. The molecule has 9 heteroatoms. The van der Waals surface area contributed by atoms with Gasteiger partial charge in [-0.3, -0.25) is 4.79 Å². The molecule has 2 aromatic carbocycles. The summed E-state index contributed by atoms with van der Waals surface area (Å²) in [6.07, 6.45) is 0. The van der Waals surface area contributed by atoms with Gasteiger partial charge in [-0.1, -0.05) is 0 Å². The molecule has 1 saturated heterocycles. The van der Waals surface area contributed by atoms with E-state index in [-0.39, 0.29) is 37.0 Å². The van der Waals surface area contributed by atoms with Crippen LogP contribution in [0.4, 0.5) is 0 Å². The average molecular weight is 449 g/mol. The topological polar surface area (TPSA) is 85.4 Å². The van der Waals surface area contributed by atoms with Crippen LogP contribution < -0.4 is 14.2 Å². The highest BCUT2D eigenvalue weighted by Gasteiger charge is 2.33. The van der Waals surface area contributed by atoms with E-state index < -0.39 is 10.0 Å². The summed E-state index contributed by atoms with van der Waals surface area (Å²) in [5.74, 6) is 1.17. The highest BCUT2D eigenvalue weighted by Crippen LogP contribution is 2.30. The number of piperazine rings is 1. The molecule has 0 aromatic heterocycles. The van der Waals surface area contributed by atoms with Crippen LogP contribution >= 0.6 is 0 Å². The molecule has 3 rings (SSSR count). The lowest BCUT2D eigenvalue weighted by Crippen LogP contribution is -2.50. The number of benzene rings is 2. The molecule has 1 aliphatic rings. The molecule has 168 valence electrons. The molecule has 0 bridgehead atoms. The number of ether oxygens (including phenoxy) is 3. The number of nitrogens with zero attached hydrogens (tertiary/aromatic N) is 2. The van der Waals surface area contributed by atoms with Gasteiger partial charge in [0.05, 0.1) is 21.3 Å². The minimum absolute atomic E-state index is 0.149. The van der Waals surface area contributed by atoms with Crippen LogP contribution in [-0.2, 0) is 10.0 Å². The number of sulfonamides is 1. The fraction of sp³-hybridized carbons (Fsp3) is 0.409. The SMILES string of the molecule is COc1cc(OC)cc(C(=O)N2CCN(S(=O)(=O)c3cc(C)c(C)cc3OC)CC2)c1. The van der Waals surface area contributed by atoms with E-state index in [1.807, 2.05) is 13.8 Å². The van der Waals surface area contributed by atoms with E-state index in [9.17, 15) is 13.2 Å². The number of amides is 1. The van der Waals surface area contributed by atoms with Gasteiger partial charge in [-0.05, 0) is 49.2 Å². The monoisotopic (exact) mass is 448 g/mol. The summed E-state index contributed by atoms with van der Waals surface area (Å²) >= 11 is 0. The van der Waals surface area contributed by atoms with Crippen molar-refractivity contribution in [2.75, 3.05) is 47.5 Å². The highest BCUT2D eigenvalue weighted by atomic mass is 32.2. The fourth-order valence-electron chi connectivity index (χ4n) is 3.51.